The first-order valence-corrected chi connectivity index (χ1v) is 11.6. The third-order valence-corrected chi connectivity index (χ3v) is 5.86. The minimum absolute atomic E-state index is 0.0913. The zero-order valence-corrected chi connectivity index (χ0v) is 18.8. The van der Waals surface area contributed by atoms with E-state index in [1.165, 1.54) is 0 Å². The molecule has 2 amide bonds. The van der Waals surface area contributed by atoms with Crippen molar-refractivity contribution in [2.75, 3.05) is 56.2 Å². The molecule has 0 radical (unpaired) electrons. The summed E-state index contributed by atoms with van der Waals surface area (Å²) < 4.78 is 11.0. The lowest BCUT2D eigenvalue weighted by atomic mass is 10.1. The van der Waals surface area contributed by atoms with Crippen LogP contribution in [0.3, 0.4) is 0 Å². The van der Waals surface area contributed by atoms with E-state index in [-0.39, 0.29) is 17.9 Å². The molecule has 2 aromatic rings. The van der Waals surface area contributed by atoms with Crippen molar-refractivity contribution in [3.8, 4) is 0 Å². The number of carbonyl (C=O) groups excluding carboxylic acids is 2. The maximum absolute atomic E-state index is 12.7. The molecule has 1 aromatic carbocycles. The Labute approximate surface area is 194 Å². The fourth-order valence-electron chi connectivity index (χ4n) is 3.98. The molecule has 0 saturated carbocycles. The summed E-state index contributed by atoms with van der Waals surface area (Å²) in [5.74, 6) is 0.715. The summed E-state index contributed by atoms with van der Waals surface area (Å²) in [5.41, 5.74) is 1.64. The largest absolute Gasteiger partial charge is 0.378 e. The molecule has 4 rings (SSSR count). The molecule has 0 aliphatic carbocycles. The summed E-state index contributed by atoms with van der Waals surface area (Å²) in [5, 5.41) is 2.87. The quantitative estimate of drug-likeness (QED) is 0.579. The number of hydrogen-bond donors (Lipinski definition) is 1. The van der Waals surface area contributed by atoms with Crippen LogP contribution in [0.1, 0.15) is 24.8 Å². The fourth-order valence-corrected chi connectivity index (χ4v) is 3.98. The molecule has 0 spiro atoms. The number of hydrogen-bond acceptors (Lipinski definition) is 7. The molecule has 9 nitrogen and oxygen atoms in total. The maximum atomic E-state index is 12.7. The van der Waals surface area contributed by atoms with Crippen molar-refractivity contribution in [2.24, 2.45) is 0 Å². The molecule has 176 valence electrons. The van der Waals surface area contributed by atoms with E-state index in [0.717, 1.165) is 38.1 Å². The second-order valence-corrected chi connectivity index (χ2v) is 8.30. The molecule has 2 saturated heterocycles. The van der Waals surface area contributed by atoms with E-state index >= 15 is 0 Å². The Morgan fingerprint density at radius 1 is 1.09 bits per heavy atom. The standard InChI is InChI=1S/C24H31N5O4/c30-22(8-16-32-18-21-3-1-15-33-21)27-20-6-4-19(5-7-20)17-23(31)28-11-13-29(14-12-28)24-25-9-2-10-26-24/h2,4-7,9-10,21H,1,3,8,11-18H2,(H,27,30). The highest BCUT2D eigenvalue weighted by Crippen LogP contribution is 2.15. The zero-order chi connectivity index (χ0) is 22.9. The van der Waals surface area contributed by atoms with Crippen molar-refractivity contribution in [1.29, 1.82) is 0 Å². The highest BCUT2D eigenvalue weighted by Gasteiger charge is 2.22. The Balaban J connectivity index is 1.15. The number of nitrogens with zero attached hydrogens (tertiary/aromatic N) is 4. The molecular weight excluding hydrogens is 422 g/mol. The molecule has 2 aliphatic rings. The summed E-state index contributed by atoms with van der Waals surface area (Å²) in [7, 11) is 0. The van der Waals surface area contributed by atoms with Crippen LogP contribution in [0.15, 0.2) is 42.7 Å². The van der Waals surface area contributed by atoms with Crippen LogP contribution >= 0.6 is 0 Å². The Kier molecular flexibility index (Phi) is 8.21. The van der Waals surface area contributed by atoms with Gasteiger partial charge < -0.3 is 24.6 Å². The summed E-state index contributed by atoms with van der Waals surface area (Å²) in [6.45, 7) is 4.47. The number of ether oxygens (including phenoxy) is 2. The SMILES string of the molecule is O=C(CCOCC1CCCO1)Nc1ccc(CC(=O)N2CCN(c3ncccn3)CC2)cc1. The van der Waals surface area contributed by atoms with Gasteiger partial charge in [0.05, 0.1) is 32.2 Å². The van der Waals surface area contributed by atoms with Crippen LogP contribution in [-0.4, -0.2) is 78.8 Å². The predicted molar refractivity (Wildman–Crippen MR) is 124 cm³/mol. The third kappa shape index (κ3) is 6.97. The van der Waals surface area contributed by atoms with Gasteiger partial charge in [-0.25, -0.2) is 9.97 Å². The molecule has 1 unspecified atom stereocenters. The van der Waals surface area contributed by atoms with Gasteiger partial charge in [-0.3, -0.25) is 9.59 Å². The summed E-state index contributed by atoms with van der Waals surface area (Å²) in [6.07, 6.45) is 6.37. The lowest BCUT2D eigenvalue weighted by Crippen LogP contribution is -2.49. The van der Waals surface area contributed by atoms with Crippen LogP contribution in [0, 0.1) is 0 Å². The lowest BCUT2D eigenvalue weighted by molar-refractivity contribution is -0.130. The summed E-state index contributed by atoms with van der Waals surface area (Å²) >= 11 is 0. The first kappa shape index (κ1) is 23.1. The molecule has 0 bridgehead atoms. The first-order chi connectivity index (χ1) is 16.2. The summed E-state index contributed by atoms with van der Waals surface area (Å²) in [4.78, 5) is 37.3. The van der Waals surface area contributed by atoms with E-state index < -0.39 is 0 Å². The van der Waals surface area contributed by atoms with E-state index in [0.29, 0.717) is 50.8 Å². The third-order valence-electron chi connectivity index (χ3n) is 5.86. The Hall–Kier alpha value is -3.04. The molecular formula is C24H31N5O4. The molecule has 1 N–H and O–H groups in total. The minimum atomic E-state index is -0.0913. The number of nitrogens with one attached hydrogen (secondary N) is 1. The normalized spacial score (nSPS) is 18.4. The van der Waals surface area contributed by atoms with E-state index in [2.05, 4.69) is 20.2 Å². The average molecular weight is 454 g/mol. The Morgan fingerprint density at radius 2 is 1.85 bits per heavy atom. The van der Waals surface area contributed by atoms with Crippen molar-refractivity contribution >= 4 is 23.5 Å². The van der Waals surface area contributed by atoms with Crippen LogP contribution < -0.4 is 10.2 Å². The average Bonchev–Trinajstić information content (AvgIpc) is 3.37. The van der Waals surface area contributed by atoms with Gasteiger partial charge in [-0.2, -0.15) is 0 Å². The van der Waals surface area contributed by atoms with E-state index in [9.17, 15) is 9.59 Å². The maximum Gasteiger partial charge on any atom is 0.227 e. The number of rotatable bonds is 9. The molecule has 9 heteroatoms. The second kappa shape index (κ2) is 11.7. The highest BCUT2D eigenvalue weighted by molar-refractivity contribution is 5.90. The molecule has 1 atom stereocenters. The minimum Gasteiger partial charge on any atom is -0.378 e. The van der Waals surface area contributed by atoms with Crippen molar-refractivity contribution in [3.63, 3.8) is 0 Å². The van der Waals surface area contributed by atoms with Crippen molar-refractivity contribution in [2.45, 2.75) is 31.8 Å². The fraction of sp³-hybridized carbons (Fsp3) is 0.500. The number of carbonyl (C=O) groups is 2. The molecule has 1 aromatic heterocycles. The van der Waals surface area contributed by atoms with Gasteiger partial charge in [-0.1, -0.05) is 12.1 Å². The first-order valence-electron chi connectivity index (χ1n) is 11.6. The van der Waals surface area contributed by atoms with Gasteiger partial charge in [0, 0.05) is 50.9 Å². The van der Waals surface area contributed by atoms with Gasteiger partial charge in [0.25, 0.3) is 0 Å². The lowest BCUT2D eigenvalue weighted by Gasteiger charge is -2.34. The molecule has 33 heavy (non-hydrogen) atoms. The van der Waals surface area contributed by atoms with Crippen LogP contribution in [0.5, 0.6) is 0 Å². The van der Waals surface area contributed by atoms with Crippen molar-refractivity contribution in [3.05, 3.63) is 48.3 Å². The monoisotopic (exact) mass is 453 g/mol. The molecule has 3 heterocycles. The Morgan fingerprint density at radius 3 is 2.55 bits per heavy atom. The molecule has 2 fully saturated rings. The predicted octanol–water partition coefficient (Wildman–Crippen LogP) is 1.89. The molecule has 2 aliphatic heterocycles. The van der Waals surface area contributed by atoms with E-state index in [4.69, 9.17) is 9.47 Å². The van der Waals surface area contributed by atoms with E-state index in [1.54, 1.807) is 18.5 Å². The second-order valence-electron chi connectivity index (χ2n) is 8.30. The van der Waals surface area contributed by atoms with Crippen LogP contribution in [0.25, 0.3) is 0 Å². The number of benzene rings is 1. The van der Waals surface area contributed by atoms with Gasteiger partial charge in [0.1, 0.15) is 0 Å². The summed E-state index contributed by atoms with van der Waals surface area (Å²) in [6, 6.07) is 9.23. The van der Waals surface area contributed by atoms with E-state index in [1.807, 2.05) is 29.2 Å². The van der Waals surface area contributed by atoms with Crippen molar-refractivity contribution in [1.82, 2.24) is 14.9 Å². The topological polar surface area (TPSA) is 96.9 Å². The van der Waals surface area contributed by atoms with Gasteiger partial charge in [0.2, 0.25) is 17.8 Å². The Bertz CT molecular complexity index is 895. The van der Waals surface area contributed by atoms with Crippen LogP contribution in [-0.2, 0) is 25.5 Å². The number of amides is 2. The number of anilines is 2. The number of aromatic nitrogens is 2. The highest BCUT2D eigenvalue weighted by atomic mass is 16.5. The van der Waals surface area contributed by atoms with Gasteiger partial charge in [-0.15, -0.1) is 0 Å². The van der Waals surface area contributed by atoms with Crippen molar-refractivity contribution < 1.29 is 19.1 Å². The van der Waals surface area contributed by atoms with Crippen LogP contribution in [0.4, 0.5) is 11.6 Å². The smallest absolute Gasteiger partial charge is 0.227 e. The number of piperazine rings is 1. The zero-order valence-electron chi connectivity index (χ0n) is 18.8. The van der Waals surface area contributed by atoms with Gasteiger partial charge in [0.15, 0.2) is 0 Å². The van der Waals surface area contributed by atoms with Gasteiger partial charge >= 0.3 is 0 Å². The van der Waals surface area contributed by atoms with Crippen LogP contribution in [0.2, 0.25) is 0 Å². The van der Waals surface area contributed by atoms with Gasteiger partial charge in [-0.05, 0) is 36.6 Å².